The van der Waals surface area contributed by atoms with Gasteiger partial charge in [0.1, 0.15) is 11.3 Å². The molecule has 1 aromatic carbocycles. The van der Waals surface area contributed by atoms with E-state index in [1.807, 2.05) is 34.6 Å². The van der Waals surface area contributed by atoms with E-state index in [2.05, 4.69) is 27.3 Å². The molecule has 98 valence electrons. The highest BCUT2D eigenvalue weighted by atomic mass is 79.9. The average Bonchev–Trinajstić information content (AvgIpc) is 2.33. The number of hydrogen-bond acceptors (Lipinski definition) is 3. The number of nitriles is 1. The zero-order valence-corrected chi connectivity index (χ0v) is 13.3. The fraction of sp³-hybridized carbons (Fsp3) is 0.500. The Kier molecular flexibility index (Phi) is 4.28. The van der Waals surface area contributed by atoms with Gasteiger partial charge in [-0.1, -0.05) is 15.9 Å². The van der Waals surface area contributed by atoms with Gasteiger partial charge in [0.15, 0.2) is 0 Å². The van der Waals surface area contributed by atoms with Crippen molar-refractivity contribution in [1.29, 1.82) is 5.26 Å². The first-order chi connectivity index (χ1) is 8.25. The van der Waals surface area contributed by atoms with Gasteiger partial charge in [0.25, 0.3) is 0 Å². The minimum atomic E-state index is -0.640. The Balaban J connectivity index is 3.49. The van der Waals surface area contributed by atoms with Gasteiger partial charge in [-0.25, -0.2) is 0 Å². The summed E-state index contributed by atoms with van der Waals surface area (Å²) in [5, 5.41) is 12.4. The van der Waals surface area contributed by atoms with E-state index in [9.17, 15) is 0 Å². The summed E-state index contributed by atoms with van der Waals surface area (Å²) >= 11 is 3.60. The van der Waals surface area contributed by atoms with E-state index in [4.69, 9.17) is 10.00 Å². The first-order valence-corrected chi connectivity index (χ1v) is 6.57. The second kappa shape index (κ2) is 5.19. The standard InChI is InChI=1S/C14H19BrN2O/c1-8-9(2)13(18-6)12(10(3)11(8)15)17-14(4,5)7-16/h17H,1-6H3. The number of rotatable bonds is 3. The summed E-state index contributed by atoms with van der Waals surface area (Å²) in [6, 6.07) is 2.24. The average molecular weight is 311 g/mol. The third-order valence-electron chi connectivity index (χ3n) is 3.08. The summed E-state index contributed by atoms with van der Waals surface area (Å²) in [4.78, 5) is 0. The smallest absolute Gasteiger partial charge is 0.145 e. The lowest BCUT2D eigenvalue weighted by atomic mass is 10.0. The van der Waals surface area contributed by atoms with Crippen molar-refractivity contribution < 1.29 is 4.74 Å². The summed E-state index contributed by atoms with van der Waals surface area (Å²) in [6.07, 6.45) is 0. The minimum Gasteiger partial charge on any atom is -0.494 e. The Morgan fingerprint density at radius 1 is 1.17 bits per heavy atom. The molecule has 0 saturated carbocycles. The Labute approximate surface area is 117 Å². The van der Waals surface area contributed by atoms with Gasteiger partial charge in [0.2, 0.25) is 0 Å². The second-order valence-corrected chi connectivity index (χ2v) is 5.75. The molecule has 0 fully saturated rings. The van der Waals surface area contributed by atoms with Crippen LogP contribution < -0.4 is 10.1 Å². The topological polar surface area (TPSA) is 45.0 Å². The number of halogens is 1. The summed E-state index contributed by atoms with van der Waals surface area (Å²) in [5.74, 6) is 0.802. The molecule has 0 unspecified atom stereocenters. The molecule has 4 heteroatoms. The van der Waals surface area contributed by atoms with Crippen LogP contribution in [0, 0.1) is 32.1 Å². The number of hydrogen-bond donors (Lipinski definition) is 1. The lowest BCUT2D eigenvalue weighted by Crippen LogP contribution is -2.29. The second-order valence-electron chi connectivity index (χ2n) is 4.96. The van der Waals surface area contributed by atoms with Crippen molar-refractivity contribution in [1.82, 2.24) is 0 Å². The predicted molar refractivity (Wildman–Crippen MR) is 78.2 cm³/mol. The van der Waals surface area contributed by atoms with E-state index in [-0.39, 0.29) is 0 Å². The van der Waals surface area contributed by atoms with Gasteiger partial charge < -0.3 is 10.1 Å². The summed E-state index contributed by atoms with van der Waals surface area (Å²) < 4.78 is 6.54. The van der Waals surface area contributed by atoms with E-state index in [0.717, 1.165) is 32.6 Å². The van der Waals surface area contributed by atoms with Gasteiger partial charge in [-0.05, 0) is 51.3 Å². The first-order valence-electron chi connectivity index (χ1n) is 5.77. The molecule has 1 rings (SSSR count). The van der Waals surface area contributed by atoms with Gasteiger partial charge in [0.05, 0.1) is 18.9 Å². The van der Waals surface area contributed by atoms with Crippen LogP contribution in [0.4, 0.5) is 5.69 Å². The van der Waals surface area contributed by atoms with E-state index < -0.39 is 5.54 Å². The van der Waals surface area contributed by atoms with Crippen molar-refractivity contribution in [3.05, 3.63) is 21.2 Å². The van der Waals surface area contributed by atoms with Gasteiger partial charge in [-0.15, -0.1) is 0 Å². The van der Waals surface area contributed by atoms with Crippen molar-refractivity contribution in [2.45, 2.75) is 40.2 Å². The maximum Gasteiger partial charge on any atom is 0.145 e. The van der Waals surface area contributed by atoms with Crippen molar-refractivity contribution in [3.63, 3.8) is 0 Å². The normalized spacial score (nSPS) is 11.0. The van der Waals surface area contributed by atoms with Crippen LogP contribution in [-0.2, 0) is 0 Å². The van der Waals surface area contributed by atoms with Crippen LogP contribution in [0.25, 0.3) is 0 Å². The number of benzene rings is 1. The fourth-order valence-corrected chi connectivity index (χ4v) is 2.33. The Bertz CT molecular complexity index is 516. The van der Waals surface area contributed by atoms with E-state index >= 15 is 0 Å². The highest BCUT2D eigenvalue weighted by Crippen LogP contribution is 2.40. The lowest BCUT2D eigenvalue weighted by molar-refractivity contribution is 0.411. The maximum absolute atomic E-state index is 9.14. The minimum absolute atomic E-state index is 0.640. The third-order valence-corrected chi connectivity index (χ3v) is 4.27. The number of anilines is 1. The molecule has 0 aliphatic rings. The van der Waals surface area contributed by atoms with Crippen LogP contribution in [0.15, 0.2) is 4.47 Å². The van der Waals surface area contributed by atoms with Crippen molar-refractivity contribution in [2.24, 2.45) is 0 Å². The molecular formula is C14H19BrN2O. The van der Waals surface area contributed by atoms with Crippen LogP contribution in [0.2, 0.25) is 0 Å². The van der Waals surface area contributed by atoms with Crippen molar-refractivity contribution in [2.75, 3.05) is 12.4 Å². The zero-order chi connectivity index (χ0) is 14.1. The van der Waals surface area contributed by atoms with Gasteiger partial charge in [-0.2, -0.15) is 5.26 Å². The Morgan fingerprint density at radius 3 is 2.17 bits per heavy atom. The van der Waals surface area contributed by atoms with E-state index in [1.165, 1.54) is 0 Å². The van der Waals surface area contributed by atoms with Crippen LogP contribution >= 0.6 is 15.9 Å². The highest BCUT2D eigenvalue weighted by molar-refractivity contribution is 9.10. The predicted octanol–water partition coefficient (Wildman–Crippen LogP) is 4.10. The summed E-state index contributed by atoms with van der Waals surface area (Å²) in [5.41, 5.74) is 3.52. The van der Waals surface area contributed by atoms with Crippen LogP contribution in [0.1, 0.15) is 30.5 Å². The molecule has 1 N–H and O–H groups in total. The van der Waals surface area contributed by atoms with Crippen molar-refractivity contribution in [3.8, 4) is 11.8 Å². The molecule has 0 atom stereocenters. The molecule has 18 heavy (non-hydrogen) atoms. The molecule has 1 aromatic rings. The molecule has 0 spiro atoms. The quantitative estimate of drug-likeness (QED) is 0.914. The monoisotopic (exact) mass is 310 g/mol. The van der Waals surface area contributed by atoms with Crippen LogP contribution in [0.5, 0.6) is 5.75 Å². The zero-order valence-electron chi connectivity index (χ0n) is 11.7. The largest absolute Gasteiger partial charge is 0.494 e. The van der Waals surface area contributed by atoms with Gasteiger partial charge in [-0.3, -0.25) is 0 Å². The lowest BCUT2D eigenvalue weighted by Gasteiger charge is -2.25. The van der Waals surface area contributed by atoms with Gasteiger partial charge >= 0.3 is 0 Å². The van der Waals surface area contributed by atoms with Gasteiger partial charge in [0, 0.05) is 4.47 Å². The summed E-state index contributed by atoms with van der Waals surface area (Å²) in [7, 11) is 1.65. The van der Waals surface area contributed by atoms with E-state index in [0.29, 0.717) is 0 Å². The molecule has 0 bridgehead atoms. The number of nitrogens with one attached hydrogen (secondary N) is 1. The van der Waals surface area contributed by atoms with Crippen LogP contribution in [-0.4, -0.2) is 12.6 Å². The molecule has 0 saturated heterocycles. The number of nitrogens with zero attached hydrogens (tertiary/aromatic N) is 1. The SMILES string of the molecule is COc1c(C)c(C)c(Br)c(C)c1NC(C)(C)C#N. The summed E-state index contributed by atoms with van der Waals surface area (Å²) in [6.45, 7) is 9.76. The third kappa shape index (κ3) is 2.62. The maximum atomic E-state index is 9.14. The molecule has 0 radical (unpaired) electrons. The molecule has 0 aliphatic carbocycles. The number of methoxy groups -OCH3 is 1. The first kappa shape index (κ1) is 14.8. The molecular weight excluding hydrogens is 292 g/mol. The van der Waals surface area contributed by atoms with E-state index in [1.54, 1.807) is 7.11 Å². The Hall–Kier alpha value is -1.21. The fourth-order valence-electron chi connectivity index (χ4n) is 1.83. The Morgan fingerprint density at radius 2 is 1.72 bits per heavy atom. The molecule has 0 aromatic heterocycles. The van der Waals surface area contributed by atoms with Crippen LogP contribution in [0.3, 0.4) is 0 Å². The molecule has 3 nitrogen and oxygen atoms in total. The highest BCUT2D eigenvalue weighted by Gasteiger charge is 2.23. The molecule has 0 heterocycles. The van der Waals surface area contributed by atoms with Crippen molar-refractivity contribution >= 4 is 21.6 Å². The molecule has 0 amide bonds. The number of ether oxygens (including phenoxy) is 1. The molecule has 0 aliphatic heterocycles.